The maximum Gasteiger partial charge on any atom is 0.270 e. The van der Waals surface area contributed by atoms with Crippen molar-refractivity contribution >= 4 is 11.9 Å². The lowest BCUT2D eigenvalue weighted by molar-refractivity contribution is -0.118. The quantitative estimate of drug-likeness (QED) is 0.649. The molecule has 1 N–H and O–H groups in total. The van der Waals surface area contributed by atoms with Crippen LogP contribution in [0.15, 0.2) is 0 Å². The summed E-state index contributed by atoms with van der Waals surface area (Å²) in [6.07, 6.45) is 0. The summed E-state index contributed by atoms with van der Waals surface area (Å²) in [7, 11) is 1.58. The summed E-state index contributed by atoms with van der Waals surface area (Å²) in [6.45, 7) is 1.49. The normalized spacial score (nSPS) is 11.8. The van der Waals surface area contributed by atoms with Crippen molar-refractivity contribution < 1.29 is 4.79 Å². The molecule has 0 radical (unpaired) electrons. The molecular weight excluding hydrogens is 172 g/mol. The third kappa shape index (κ3) is 2.23. The number of amides is 1. The molecule has 68 valence electrons. The van der Waals surface area contributed by atoms with E-state index < -0.39 is 11.8 Å². The number of nitriles is 1. The van der Waals surface area contributed by atoms with Gasteiger partial charge in [0.25, 0.3) is 5.95 Å². The van der Waals surface area contributed by atoms with E-state index in [0.29, 0.717) is 0 Å². The zero-order valence-electron chi connectivity index (χ0n) is 7.22. The van der Waals surface area contributed by atoms with Crippen LogP contribution >= 0.6 is 0 Å². The van der Waals surface area contributed by atoms with E-state index in [0.717, 1.165) is 0 Å². The number of hydrogen-bond donors (Lipinski definition) is 1. The van der Waals surface area contributed by atoms with Gasteiger partial charge in [-0.1, -0.05) is 5.10 Å². The standard InChI is InChI=1S/C6H8N6O/c1-4(3-7)5(13)8-6-9-11-12(2)10-6/h4H,1-2H3,(H,8,10,13). The van der Waals surface area contributed by atoms with Crippen molar-refractivity contribution in [1.29, 1.82) is 5.26 Å². The number of anilines is 1. The van der Waals surface area contributed by atoms with Gasteiger partial charge in [0.05, 0.1) is 13.1 Å². The highest BCUT2D eigenvalue weighted by Crippen LogP contribution is 1.98. The van der Waals surface area contributed by atoms with Crippen molar-refractivity contribution in [2.75, 3.05) is 5.32 Å². The van der Waals surface area contributed by atoms with Gasteiger partial charge in [0, 0.05) is 0 Å². The average Bonchev–Trinajstić information content (AvgIpc) is 2.49. The molecule has 0 fully saturated rings. The van der Waals surface area contributed by atoms with Gasteiger partial charge in [0.1, 0.15) is 5.92 Å². The van der Waals surface area contributed by atoms with Crippen LogP contribution in [0.3, 0.4) is 0 Å². The number of nitrogens with zero attached hydrogens (tertiary/aromatic N) is 5. The molecule has 0 saturated heterocycles. The Labute approximate surface area is 74.3 Å². The summed E-state index contributed by atoms with van der Waals surface area (Å²) in [5.74, 6) is -1.05. The molecule has 1 atom stereocenters. The van der Waals surface area contributed by atoms with Crippen molar-refractivity contribution in [2.24, 2.45) is 13.0 Å². The van der Waals surface area contributed by atoms with Gasteiger partial charge >= 0.3 is 0 Å². The second-order valence-corrected chi connectivity index (χ2v) is 2.44. The number of aryl methyl sites for hydroxylation is 1. The first-order valence-corrected chi connectivity index (χ1v) is 3.58. The molecule has 0 spiro atoms. The SMILES string of the molecule is CC(C#N)C(=O)Nc1nnn(C)n1. The Kier molecular flexibility index (Phi) is 2.54. The zero-order chi connectivity index (χ0) is 9.84. The fraction of sp³-hybridized carbons (Fsp3) is 0.500. The van der Waals surface area contributed by atoms with Crippen LogP contribution < -0.4 is 5.32 Å². The summed E-state index contributed by atoms with van der Waals surface area (Å²) >= 11 is 0. The number of nitrogens with one attached hydrogen (secondary N) is 1. The van der Waals surface area contributed by atoms with Crippen LogP contribution in [0.25, 0.3) is 0 Å². The van der Waals surface area contributed by atoms with Crippen molar-refractivity contribution in [2.45, 2.75) is 6.92 Å². The number of hydrogen-bond acceptors (Lipinski definition) is 5. The van der Waals surface area contributed by atoms with E-state index in [9.17, 15) is 4.79 Å². The fourth-order valence-electron chi connectivity index (χ4n) is 0.611. The van der Waals surface area contributed by atoms with E-state index in [1.54, 1.807) is 13.1 Å². The molecule has 7 nitrogen and oxygen atoms in total. The van der Waals surface area contributed by atoms with Gasteiger partial charge in [-0.3, -0.25) is 10.1 Å². The Morgan fingerprint density at radius 1 is 1.77 bits per heavy atom. The molecule has 1 amide bonds. The van der Waals surface area contributed by atoms with Gasteiger partial charge in [-0.25, -0.2) is 0 Å². The highest BCUT2D eigenvalue weighted by molar-refractivity contribution is 5.92. The summed E-state index contributed by atoms with van der Waals surface area (Å²) in [6, 6.07) is 1.80. The van der Waals surface area contributed by atoms with E-state index in [4.69, 9.17) is 5.26 Å². The van der Waals surface area contributed by atoms with Gasteiger partial charge in [0.15, 0.2) is 0 Å². The van der Waals surface area contributed by atoms with Crippen LogP contribution in [0.1, 0.15) is 6.92 Å². The number of tetrazole rings is 1. The Morgan fingerprint density at radius 3 is 2.92 bits per heavy atom. The predicted molar refractivity (Wildman–Crippen MR) is 42.2 cm³/mol. The molecule has 1 aromatic rings. The van der Waals surface area contributed by atoms with Crippen LogP contribution in [0.2, 0.25) is 0 Å². The molecule has 1 rings (SSSR count). The molecular formula is C6H8N6O. The van der Waals surface area contributed by atoms with Crippen LogP contribution in [0, 0.1) is 17.2 Å². The molecule has 1 aromatic heterocycles. The van der Waals surface area contributed by atoms with Crippen molar-refractivity contribution in [3.8, 4) is 6.07 Å². The second kappa shape index (κ2) is 3.62. The molecule has 0 aliphatic heterocycles. The molecule has 7 heteroatoms. The summed E-state index contributed by atoms with van der Waals surface area (Å²) in [4.78, 5) is 12.3. The van der Waals surface area contributed by atoms with Crippen molar-refractivity contribution in [3.05, 3.63) is 0 Å². The number of carbonyl (C=O) groups excluding carboxylic acids is 1. The lowest BCUT2D eigenvalue weighted by atomic mass is 10.2. The van der Waals surface area contributed by atoms with Gasteiger partial charge in [-0.05, 0) is 12.1 Å². The highest BCUT2D eigenvalue weighted by atomic mass is 16.2. The van der Waals surface area contributed by atoms with Crippen molar-refractivity contribution in [1.82, 2.24) is 20.2 Å². The molecule has 1 heterocycles. The highest BCUT2D eigenvalue weighted by Gasteiger charge is 2.13. The largest absolute Gasteiger partial charge is 0.291 e. The first-order valence-electron chi connectivity index (χ1n) is 3.58. The van der Waals surface area contributed by atoms with Gasteiger partial charge in [-0.2, -0.15) is 10.1 Å². The minimum Gasteiger partial charge on any atom is -0.291 e. The Morgan fingerprint density at radius 2 is 2.46 bits per heavy atom. The van der Waals surface area contributed by atoms with Crippen LogP contribution in [0.5, 0.6) is 0 Å². The molecule has 0 saturated carbocycles. The molecule has 13 heavy (non-hydrogen) atoms. The van der Waals surface area contributed by atoms with E-state index >= 15 is 0 Å². The lowest BCUT2D eigenvalue weighted by Gasteiger charge is -1.99. The molecule has 0 bridgehead atoms. The molecule has 0 aliphatic rings. The van der Waals surface area contributed by atoms with Crippen molar-refractivity contribution in [3.63, 3.8) is 0 Å². The van der Waals surface area contributed by atoms with Gasteiger partial charge in [0.2, 0.25) is 5.91 Å². The fourth-order valence-corrected chi connectivity index (χ4v) is 0.611. The van der Waals surface area contributed by atoms with Gasteiger partial charge < -0.3 is 0 Å². The smallest absolute Gasteiger partial charge is 0.270 e. The summed E-state index contributed by atoms with van der Waals surface area (Å²) in [5.41, 5.74) is 0. The van der Waals surface area contributed by atoms with E-state index in [2.05, 4.69) is 20.7 Å². The Balaban J connectivity index is 2.61. The maximum atomic E-state index is 11.1. The predicted octanol–water partition coefficient (Wildman–Crippen LogP) is -0.692. The topological polar surface area (TPSA) is 96.5 Å². The van der Waals surface area contributed by atoms with Crippen LogP contribution in [-0.4, -0.2) is 26.1 Å². The summed E-state index contributed by atoms with van der Waals surface area (Å²) in [5, 5.41) is 21.5. The maximum absolute atomic E-state index is 11.1. The molecule has 1 unspecified atom stereocenters. The summed E-state index contributed by atoms with van der Waals surface area (Å²) < 4.78 is 0. The first-order chi connectivity index (χ1) is 6.13. The average molecular weight is 180 g/mol. The van der Waals surface area contributed by atoms with Crippen LogP contribution in [0.4, 0.5) is 5.95 Å². The first kappa shape index (κ1) is 9.12. The van der Waals surface area contributed by atoms with E-state index in [1.165, 1.54) is 11.7 Å². The second-order valence-electron chi connectivity index (χ2n) is 2.44. The molecule has 0 aromatic carbocycles. The third-order valence-electron chi connectivity index (χ3n) is 1.33. The molecule has 0 aliphatic carbocycles. The van der Waals surface area contributed by atoms with Gasteiger partial charge in [-0.15, -0.1) is 5.10 Å². The minimum absolute atomic E-state index is 0.106. The number of aromatic nitrogens is 4. The van der Waals surface area contributed by atoms with E-state index in [1.807, 2.05) is 0 Å². The minimum atomic E-state index is -0.719. The zero-order valence-corrected chi connectivity index (χ0v) is 7.22. The number of carbonyl (C=O) groups is 1. The Bertz CT molecular complexity index is 350. The lowest BCUT2D eigenvalue weighted by Crippen LogP contribution is -2.19. The monoisotopic (exact) mass is 180 g/mol. The Hall–Kier alpha value is -1.97. The number of rotatable bonds is 2. The van der Waals surface area contributed by atoms with E-state index in [-0.39, 0.29) is 5.95 Å². The van der Waals surface area contributed by atoms with Crippen LogP contribution in [-0.2, 0) is 11.8 Å². The third-order valence-corrected chi connectivity index (χ3v) is 1.33.